The Labute approximate surface area is 163 Å². The summed E-state index contributed by atoms with van der Waals surface area (Å²) in [4.78, 5) is 31.0. The summed E-state index contributed by atoms with van der Waals surface area (Å²) < 4.78 is 6.57. The minimum absolute atomic E-state index is 0.118. The molecule has 3 aromatic rings. The predicted octanol–water partition coefficient (Wildman–Crippen LogP) is 2.62. The van der Waals surface area contributed by atoms with Crippen LogP contribution in [-0.4, -0.2) is 36.7 Å². The van der Waals surface area contributed by atoms with Crippen molar-refractivity contribution in [2.75, 3.05) is 31.4 Å². The molecule has 3 rings (SSSR count). The molecule has 144 valence electrons. The third-order valence-electron chi connectivity index (χ3n) is 4.24. The molecule has 1 aromatic heterocycles. The van der Waals surface area contributed by atoms with Gasteiger partial charge in [0.1, 0.15) is 12.3 Å². The van der Waals surface area contributed by atoms with E-state index in [-0.39, 0.29) is 18.0 Å². The Balaban J connectivity index is 1.72. The molecule has 28 heavy (non-hydrogen) atoms. The molecule has 2 aromatic carbocycles. The van der Waals surface area contributed by atoms with Crippen molar-refractivity contribution in [3.8, 4) is 17.0 Å². The first-order chi connectivity index (χ1) is 13.5. The van der Waals surface area contributed by atoms with Gasteiger partial charge in [0, 0.05) is 37.1 Å². The Morgan fingerprint density at radius 3 is 2.50 bits per heavy atom. The van der Waals surface area contributed by atoms with E-state index in [9.17, 15) is 9.59 Å². The van der Waals surface area contributed by atoms with E-state index < -0.39 is 0 Å². The molecule has 0 saturated heterocycles. The number of carbonyl (C=O) groups is 1. The highest BCUT2D eigenvalue weighted by Gasteiger charge is 2.10. The first-order valence-corrected chi connectivity index (χ1v) is 8.75. The van der Waals surface area contributed by atoms with E-state index in [1.165, 1.54) is 17.0 Å². The number of para-hydroxylation sites is 1. The number of rotatable bonds is 6. The molecule has 0 bridgehead atoms. The maximum atomic E-state index is 12.4. The quantitative estimate of drug-likeness (QED) is 0.714. The van der Waals surface area contributed by atoms with Crippen LogP contribution in [0.15, 0.2) is 65.7 Å². The van der Waals surface area contributed by atoms with Gasteiger partial charge in [-0.25, -0.2) is 4.98 Å². The van der Waals surface area contributed by atoms with Crippen molar-refractivity contribution in [2.45, 2.75) is 6.54 Å². The summed E-state index contributed by atoms with van der Waals surface area (Å²) in [5, 5.41) is 2.78. The van der Waals surface area contributed by atoms with E-state index in [0.29, 0.717) is 17.1 Å². The first-order valence-electron chi connectivity index (χ1n) is 8.75. The van der Waals surface area contributed by atoms with Gasteiger partial charge < -0.3 is 15.0 Å². The average molecular weight is 378 g/mol. The Kier molecular flexibility index (Phi) is 5.74. The van der Waals surface area contributed by atoms with Crippen molar-refractivity contribution in [3.05, 3.63) is 71.3 Å². The Morgan fingerprint density at radius 1 is 1.14 bits per heavy atom. The van der Waals surface area contributed by atoms with Crippen LogP contribution in [0.4, 0.5) is 11.4 Å². The van der Waals surface area contributed by atoms with Crippen LogP contribution in [0.2, 0.25) is 0 Å². The molecule has 0 aliphatic carbocycles. The maximum absolute atomic E-state index is 12.4. The summed E-state index contributed by atoms with van der Waals surface area (Å²) >= 11 is 0. The third kappa shape index (κ3) is 4.37. The number of benzene rings is 2. The van der Waals surface area contributed by atoms with E-state index in [1.807, 2.05) is 61.5 Å². The molecule has 0 aliphatic heterocycles. The van der Waals surface area contributed by atoms with E-state index in [2.05, 4.69) is 10.3 Å². The van der Waals surface area contributed by atoms with Crippen LogP contribution in [0.1, 0.15) is 0 Å². The van der Waals surface area contributed by atoms with Crippen molar-refractivity contribution in [1.82, 2.24) is 9.55 Å². The third-order valence-corrected chi connectivity index (χ3v) is 4.24. The highest BCUT2D eigenvalue weighted by molar-refractivity contribution is 5.90. The smallest absolute Gasteiger partial charge is 0.254 e. The number of hydrogen-bond acceptors (Lipinski definition) is 5. The molecule has 0 spiro atoms. The summed E-state index contributed by atoms with van der Waals surface area (Å²) in [6.07, 6.45) is 1.37. The molecule has 0 atom stereocenters. The van der Waals surface area contributed by atoms with Gasteiger partial charge in [-0.3, -0.25) is 14.2 Å². The lowest BCUT2D eigenvalue weighted by atomic mass is 10.1. The van der Waals surface area contributed by atoms with Crippen molar-refractivity contribution in [2.24, 2.45) is 0 Å². The highest BCUT2D eigenvalue weighted by Crippen LogP contribution is 2.26. The van der Waals surface area contributed by atoms with Crippen LogP contribution < -0.4 is 20.5 Å². The van der Waals surface area contributed by atoms with Crippen LogP contribution in [0.3, 0.4) is 0 Å². The number of nitrogens with one attached hydrogen (secondary N) is 1. The van der Waals surface area contributed by atoms with Gasteiger partial charge in [-0.05, 0) is 36.4 Å². The lowest BCUT2D eigenvalue weighted by Crippen LogP contribution is -2.27. The second-order valence-corrected chi connectivity index (χ2v) is 6.43. The number of methoxy groups -OCH3 is 1. The molecule has 1 N–H and O–H groups in total. The normalized spacial score (nSPS) is 10.4. The summed E-state index contributed by atoms with van der Waals surface area (Å²) in [5.41, 5.74) is 2.61. The first kappa shape index (κ1) is 19.2. The molecule has 1 heterocycles. The monoisotopic (exact) mass is 378 g/mol. The van der Waals surface area contributed by atoms with E-state index in [1.54, 1.807) is 13.2 Å². The largest absolute Gasteiger partial charge is 0.496 e. The van der Waals surface area contributed by atoms with E-state index in [0.717, 1.165) is 11.3 Å². The zero-order chi connectivity index (χ0) is 20.1. The van der Waals surface area contributed by atoms with Crippen molar-refractivity contribution >= 4 is 17.3 Å². The maximum Gasteiger partial charge on any atom is 0.254 e. The standard InChI is InChI=1S/C21H22N4O3/c1-24(2)16-10-8-15(9-11-16)23-20(26)13-25-14-22-18(12-21(25)27)17-6-4-5-7-19(17)28-3/h4-12,14H,13H2,1-3H3,(H,23,26). The molecule has 0 saturated carbocycles. The fourth-order valence-corrected chi connectivity index (χ4v) is 2.75. The number of hydrogen-bond donors (Lipinski definition) is 1. The van der Waals surface area contributed by atoms with Gasteiger partial charge in [0.2, 0.25) is 5.91 Å². The average Bonchev–Trinajstić information content (AvgIpc) is 2.70. The number of carbonyl (C=O) groups excluding carboxylic acids is 1. The second kappa shape index (κ2) is 8.39. The van der Waals surface area contributed by atoms with Gasteiger partial charge in [0.15, 0.2) is 0 Å². The summed E-state index contributed by atoms with van der Waals surface area (Å²) in [7, 11) is 5.46. The SMILES string of the molecule is COc1ccccc1-c1cc(=O)n(CC(=O)Nc2ccc(N(C)C)cc2)cn1. The molecule has 7 nitrogen and oxygen atoms in total. The van der Waals surface area contributed by atoms with Crippen LogP contribution in [-0.2, 0) is 11.3 Å². The van der Waals surface area contributed by atoms with Crippen molar-refractivity contribution in [3.63, 3.8) is 0 Å². The molecule has 0 fully saturated rings. The highest BCUT2D eigenvalue weighted by atomic mass is 16.5. The van der Waals surface area contributed by atoms with E-state index >= 15 is 0 Å². The molecule has 0 radical (unpaired) electrons. The lowest BCUT2D eigenvalue weighted by Gasteiger charge is -2.13. The number of ether oxygens (including phenoxy) is 1. The fourth-order valence-electron chi connectivity index (χ4n) is 2.75. The summed E-state index contributed by atoms with van der Waals surface area (Å²) in [5.74, 6) is 0.331. The second-order valence-electron chi connectivity index (χ2n) is 6.43. The minimum atomic E-state index is -0.311. The molecular weight excluding hydrogens is 356 g/mol. The van der Waals surface area contributed by atoms with Gasteiger partial charge >= 0.3 is 0 Å². The fraction of sp³-hybridized carbons (Fsp3) is 0.190. The molecule has 1 amide bonds. The Morgan fingerprint density at radius 2 is 1.86 bits per heavy atom. The number of nitrogens with zero attached hydrogens (tertiary/aromatic N) is 3. The number of aromatic nitrogens is 2. The van der Waals surface area contributed by atoms with E-state index in [4.69, 9.17) is 4.74 Å². The summed E-state index contributed by atoms with van der Waals surface area (Å²) in [6, 6.07) is 16.2. The van der Waals surface area contributed by atoms with Gasteiger partial charge in [-0.15, -0.1) is 0 Å². The number of anilines is 2. The molecular formula is C21H22N4O3. The zero-order valence-corrected chi connectivity index (χ0v) is 16.0. The van der Waals surface area contributed by atoms with Gasteiger partial charge in [0.05, 0.1) is 19.1 Å². The minimum Gasteiger partial charge on any atom is -0.496 e. The Bertz CT molecular complexity index is 1030. The topological polar surface area (TPSA) is 76.5 Å². The lowest BCUT2D eigenvalue weighted by molar-refractivity contribution is -0.116. The van der Waals surface area contributed by atoms with Crippen LogP contribution in [0.5, 0.6) is 5.75 Å². The Hall–Kier alpha value is -3.61. The van der Waals surface area contributed by atoms with Gasteiger partial charge in [-0.1, -0.05) is 12.1 Å². The van der Waals surface area contributed by atoms with Crippen LogP contribution in [0, 0.1) is 0 Å². The predicted molar refractivity (Wildman–Crippen MR) is 110 cm³/mol. The van der Waals surface area contributed by atoms with Crippen molar-refractivity contribution in [1.29, 1.82) is 0 Å². The zero-order valence-electron chi connectivity index (χ0n) is 16.0. The van der Waals surface area contributed by atoms with Gasteiger partial charge in [-0.2, -0.15) is 0 Å². The van der Waals surface area contributed by atoms with Crippen LogP contribution >= 0.6 is 0 Å². The summed E-state index contributed by atoms with van der Waals surface area (Å²) in [6.45, 7) is -0.118. The van der Waals surface area contributed by atoms with Crippen molar-refractivity contribution < 1.29 is 9.53 Å². The molecule has 0 aliphatic rings. The number of amides is 1. The molecule has 7 heteroatoms. The van der Waals surface area contributed by atoms with Crippen LogP contribution in [0.25, 0.3) is 11.3 Å². The van der Waals surface area contributed by atoms with Gasteiger partial charge in [0.25, 0.3) is 5.56 Å². The molecule has 0 unspecified atom stereocenters.